The highest BCUT2D eigenvalue weighted by molar-refractivity contribution is 6.30. The van der Waals surface area contributed by atoms with Crippen LogP contribution in [0.5, 0.6) is 0 Å². The number of piperidine rings is 1. The summed E-state index contributed by atoms with van der Waals surface area (Å²) >= 11 is 6.31. The molecule has 3 aromatic rings. The molecule has 1 aromatic carbocycles. The first-order valence-corrected chi connectivity index (χ1v) is 11.2. The molecule has 0 aliphatic carbocycles. The highest BCUT2D eigenvalue weighted by Crippen LogP contribution is 2.34. The first-order chi connectivity index (χ1) is 15.6. The summed E-state index contributed by atoms with van der Waals surface area (Å²) < 4.78 is 7.05. The van der Waals surface area contributed by atoms with Crippen molar-refractivity contribution in [1.29, 1.82) is 0 Å². The number of pyridine rings is 1. The molecule has 1 fully saturated rings. The van der Waals surface area contributed by atoms with Crippen LogP contribution in [0.2, 0.25) is 5.02 Å². The molecule has 2 aliphatic rings. The van der Waals surface area contributed by atoms with Gasteiger partial charge in [-0.2, -0.15) is 0 Å². The Morgan fingerprint density at radius 2 is 2.00 bits per heavy atom. The molecule has 2 aromatic heterocycles. The van der Waals surface area contributed by atoms with E-state index in [1.165, 1.54) is 7.11 Å². The molecule has 166 valence electrons. The molecule has 0 N–H and O–H groups in total. The van der Waals surface area contributed by atoms with Crippen LogP contribution in [0, 0.1) is 0 Å². The Balaban J connectivity index is 1.44. The summed E-state index contributed by atoms with van der Waals surface area (Å²) in [6, 6.07) is 11.9. The van der Waals surface area contributed by atoms with Crippen molar-refractivity contribution in [3.63, 3.8) is 0 Å². The fourth-order valence-electron chi connectivity index (χ4n) is 4.62. The van der Waals surface area contributed by atoms with Crippen LogP contribution in [-0.4, -0.2) is 57.4 Å². The second kappa shape index (κ2) is 8.88. The number of methoxy groups -OCH3 is 1. The maximum atomic E-state index is 11.9. The van der Waals surface area contributed by atoms with E-state index in [1.54, 1.807) is 0 Å². The van der Waals surface area contributed by atoms with Gasteiger partial charge in [0.15, 0.2) is 5.82 Å². The van der Waals surface area contributed by atoms with Crippen LogP contribution in [0.25, 0.3) is 5.69 Å². The molecule has 0 bridgehead atoms. The maximum Gasteiger partial charge on any atom is 0.319 e. The van der Waals surface area contributed by atoms with Crippen molar-refractivity contribution in [2.24, 2.45) is 0 Å². The molecule has 0 atom stereocenters. The number of carbonyl (C=O) groups is 1. The SMILES string of the molecule is COC(=O)CN1Cc2cc(Cl)ccc2-n2c(nnc2C2CCN(c3ccccn3)CC2)C1. The van der Waals surface area contributed by atoms with Crippen LogP contribution in [0.15, 0.2) is 42.6 Å². The van der Waals surface area contributed by atoms with Crippen LogP contribution in [0.3, 0.4) is 0 Å². The normalized spacial score (nSPS) is 16.9. The predicted molar refractivity (Wildman–Crippen MR) is 121 cm³/mol. The van der Waals surface area contributed by atoms with E-state index in [0.717, 1.165) is 54.6 Å². The van der Waals surface area contributed by atoms with Gasteiger partial charge >= 0.3 is 5.97 Å². The quantitative estimate of drug-likeness (QED) is 0.562. The average molecular weight is 453 g/mol. The number of carbonyl (C=O) groups excluding carboxylic acids is 1. The van der Waals surface area contributed by atoms with Gasteiger partial charge in [-0.3, -0.25) is 14.3 Å². The van der Waals surface area contributed by atoms with Crippen LogP contribution in [0.4, 0.5) is 5.82 Å². The second-order valence-electron chi connectivity index (χ2n) is 8.25. The summed E-state index contributed by atoms with van der Waals surface area (Å²) in [5.74, 6) is 2.85. The Labute approximate surface area is 191 Å². The Hall–Kier alpha value is -2.97. The lowest BCUT2D eigenvalue weighted by Crippen LogP contribution is -2.34. The molecule has 0 saturated carbocycles. The molecular formula is C23H25ClN6O2. The summed E-state index contributed by atoms with van der Waals surface area (Å²) in [5.41, 5.74) is 2.08. The number of esters is 1. The molecule has 0 unspecified atom stereocenters. The number of fused-ring (bicyclic) bond motifs is 3. The first kappa shape index (κ1) is 20.9. The molecule has 9 heteroatoms. The highest BCUT2D eigenvalue weighted by Gasteiger charge is 2.30. The second-order valence-corrected chi connectivity index (χ2v) is 8.69. The number of halogens is 1. The molecule has 32 heavy (non-hydrogen) atoms. The lowest BCUT2D eigenvalue weighted by molar-refractivity contribution is -0.142. The number of ether oxygens (including phenoxy) is 1. The van der Waals surface area contributed by atoms with E-state index in [1.807, 2.05) is 41.4 Å². The van der Waals surface area contributed by atoms with Gasteiger partial charge in [0.1, 0.15) is 11.6 Å². The molecule has 2 aliphatic heterocycles. The Bertz CT molecular complexity index is 1110. The predicted octanol–water partition coefficient (Wildman–Crippen LogP) is 3.19. The van der Waals surface area contributed by atoms with Crippen LogP contribution in [-0.2, 0) is 22.6 Å². The van der Waals surface area contributed by atoms with Crippen molar-refractivity contribution in [1.82, 2.24) is 24.6 Å². The number of benzene rings is 1. The van der Waals surface area contributed by atoms with Gasteiger partial charge in [-0.05, 0) is 48.7 Å². The largest absolute Gasteiger partial charge is 0.468 e. The van der Waals surface area contributed by atoms with Crippen molar-refractivity contribution < 1.29 is 9.53 Å². The van der Waals surface area contributed by atoms with Crippen molar-refractivity contribution in [3.8, 4) is 5.69 Å². The minimum Gasteiger partial charge on any atom is -0.468 e. The van der Waals surface area contributed by atoms with E-state index in [0.29, 0.717) is 24.0 Å². The molecule has 1 saturated heterocycles. The minimum absolute atomic E-state index is 0.188. The van der Waals surface area contributed by atoms with E-state index in [2.05, 4.69) is 30.7 Å². The number of hydrogen-bond acceptors (Lipinski definition) is 7. The van der Waals surface area contributed by atoms with E-state index in [4.69, 9.17) is 16.3 Å². The number of aromatic nitrogens is 4. The summed E-state index contributed by atoms with van der Waals surface area (Å²) in [7, 11) is 1.41. The number of anilines is 1. The average Bonchev–Trinajstić information content (AvgIpc) is 3.16. The lowest BCUT2D eigenvalue weighted by Gasteiger charge is -2.32. The van der Waals surface area contributed by atoms with E-state index < -0.39 is 0 Å². The van der Waals surface area contributed by atoms with Gasteiger partial charge in [0.25, 0.3) is 0 Å². The van der Waals surface area contributed by atoms with Crippen LogP contribution >= 0.6 is 11.6 Å². The Morgan fingerprint density at radius 3 is 2.75 bits per heavy atom. The fourth-order valence-corrected chi connectivity index (χ4v) is 4.82. The highest BCUT2D eigenvalue weighted by atomic mass is 35.5. The van der Waals surface area contributed by atoms with E-state index in [-0.39, 0.29) is 12.5 Å². The van der Waals surface area contributed by atoms with Gasteiger partial charge in [0.2, 0.25) is 0 Å². The fraction of sp³-hybridized carbons (Fsp3) is 0.391. The third-order valence-corrected chi connectivity index (χ3v) is 6.45. The topological polar surface area (TPSA) is 76.4 Å². The summed E-state index contributed by atoms with van der Waals surface area (Å²) in [6.07, 6.45) is 3.79. The zero-order chi connectivity index (χ0) is 22.1. The number of hydrogen-bond donors (Lipinski definition) is 0. The summed E-state index contributed by atoms with van der Waals surface area (Å²) in [4.78, 5) is 20.8. The Morgan fingerprint density at radius 1 is 1.16 bits per heavy atom. The van der Waals surface area contributed by atoms with E-state index >= 15 is 0 Å². The van der Waals surface area contributed by atoms with Gasteiger partial charge in [-0.15, -0.1) is 10.2 Å². The maximum absolute atomic E-state index is 11.9. The van der Waals surface area contributed by atoms with Crippen molar-refractivity contribution in [2.75, 3.05) is 31.6 Å². The molecule has 4 heterocycles. The third-order valence-electron chi connectivity index (χ3n) is 6.21. The van der Waals surface area contributed by atoms with Gasteiger partial charge < -0.3 is 9.64 Å². The van der Waals surface area contributed by atoms with E-state index in [9.17, 15) is 4.79 Å². The molecule has 5 rings (SSSR count). The summed E-state index contributed by atoms with van der Waals surface area (Å²) in [5, 5.41) is 9.82. The molecule has 0 spiro atoms. The third kappa shape index (κ3) is 4.08. The van der Waals surface area contributed by atoms with Gasteiger partial charge in [-0.1, -0.05) is 17.7 Å². The first-order valence-electron chi connectivity index (χ1n) is 10.8. The monoisotopic (exact) mass is 452 g/mol. The number of rotatable bonds is 4. The van der Waals surface area contributed by atoms with Crippen molar-refractivity contribution >= 4 is 23.4 Å². The van der Waals surface area contributed by atoms with Gasteiger partial charge in [-0.25, -0.2) is 4.98 Å². The summed E-state index contributed by atoms with van der Waals surface area (Å²) in [6.45, 7) is 3.14. The zero-order valence-corrected chi connectivity index (χ0v) is 18.7. The van der Waals surface area contributed by atoms with Crippen molar-refractivity contribution in [3.05, 3.63) is 64.8 Å². The van der Waals surface area contributed by atoms with Crippen molar-refractivity contribution in [2.45, 2.75) is 31.8 Å². The molecule has 0 amide bonds. The minimum atomic E-state index is -0.274. The molecule has 8 nitrogen and oxygen atoms in total. The van der Waals surface area contributed by atoms with Crippen LogP contribution in [0.1, 0.15) is 36.0 Å². The standard InChI is InChI=1S/C23H25ClN6O2/c1-32-22(31)15-28-13-17-12-18(24)5-6-19(17)30-21(14-28)26-27-23(30)16-7-10-29(11-8-16)20-4-2-3-9-25-20/h2-6,9,12,16H,7-8,10-11,13-15H2,1H3. The lowest BCUT2D eigenvalue weighted by atomic mass is 9.95. The van der Waals surface area contributed by atoms with Crippen LogP contribution < -0.4 is 4.90 Å². The Kier molecular flexibility index (Phi) is 5.80. The zero-order valence-electron chi connectivity index (χ0n) is 17.9. The smallest absolute Gasteiger partial charge is 0.319 e. The molecular weight excluding hydrogens is 428 g/mol. The molecule has 0 radical (unpaired) electrons. The van der Waals surface area contributed by atoms with Gasteiger partial charge in [0, 0.05) is 36.8 Å². The number of nitrogens with zero attached hydrogens (tertiary/aromatic N) is 6. The van der Waals surface area contributed by atoms with Gasteiger partial charge in [0.05, 0.1) is 25.9 Å².